The maximum absolute atomic E-state index is 15.0. The summed E-state index contributed by atoms with van der Waals surface area (Å²) in [4.78, 5) is 29.4. The van der Waals surface area contributed by atoms with Gasteiger partial charge in [0.2, 0.25) is 11.9 Å². The van der Waals surface area contributed by atoms with Gasteiger partial charge in [0.05, 0.1) is 23.7 Å². The Morgan fingerprint density at radius 2 is 1.83 bits per heavy atom. The number of methoxy groups -OCH3 is 1. The molecule has 4 aromatic rings. The molecule has 0 atom stereocenters. The minimum Gasteiger partial charge on any atom is -0.497 e. The van der Waals surface area contributed by atoms with E-state index in [4.69, 9.17) is 16.2 Å². The lowest BCUT2D eigenvalue weighted by molar-refractivity contribution is 0.258. The first-order chi connectivity index (χ1) is 17.5. The van der Waals surface area contributed by atoms with Crippen LogP contribution in [0.25, 0.3) is 22.2 Å². The van der Waals surface area contributed by atoms with Crippen molar-refractivity contribution in [2.75, 3.05) is 38.6 Å². The number of ether oxygens (including phenoxy) is 1. The van der Waals surface area contributed by atoms with Crippen LogP contribution in [0.2, 0.25) is 0 Å². The van der Waals surface area contributed by atoms with Crippen LogP contribution in [0.1, 0.15) is 18.4 Å². The van der Waals surface area contributed by atoms with Crippen LogP contribution < -0.4 is 27.1 Å². The summed E-state index contributed by atoms with van der Waals surface area (Å²) in [5, 5.41) is 2.95. The summed E-state index contributed by atoms with van der Waals surface area (Å²) in [6.45, 7) is 3.15. The summed E-state index contributed by atoms with van der Waals surface area (Å²) < 4.78 is 20.2. The van der Waals surface area contributed by atoms with Crippen molar-refractivity contribution >= 4 is 22.9 Å². The molecule has 0 aliphatic heterocycles. The highest BCUT2D eigenvalue weighted by molar-refractivity contribution is 5.79. The van der Waals surface area contributed by atoms with Gasteiger partial charge >= 0.3 is 0 Å². The number of hydrogen-bond donors (Lipinski definition) is 5. The third-order valence-corrected chi connectivity index (χ3v) is 5.84. The Bertz CT molecular complexity index is 1360. The number of nitrogens with zero attached hydrogens (tertiary/aromatic N) is 3. The van der Waals surface area contributed by atoms with Crippen molar-refractivity contribution in [2.45, 2.75) is 19.4 Å². The standard InChI is InChI=1S/C25H31FN8O2/c1-36-18-6-7-21-22(13-18)31-25(30-21)33-24-29-14-19(23(35)32-24)16-4-5-17(20(26)12-16)15-34(10-2-8-27)11-3-9-28/h4-7,12-14H,2-3,8-11,15,27-28H2,1H3,(H3,29,30,31,32,33,35). The number of imidazole rings is 1. The van der Waals surface area contributed by atoms with Gasteiger partial charge in [-0.05, 0) is 62.8 Å². The average Bonchev–Trinajstić information content (AvgIpc) is 3.28. The molecular formula is C25H31FN8O2. The van der Waals surface area contributed by atoms with Gasteiger partial charge in [-0.1, -0.05) is 12.1 Å². The highest BCUT2D eigenvalue weighted by Gasteiger charge is 2.13. The number of fused-ring (bicyclic) bond motifs is 1. The summed E-state index contributed by atoms with van der Waals surface area (Å²) in [5.74, 6) is 0.948. The lowest BCUT2D eigenvalue weighted by Crippen LogP contribution is -2.28. The van der Waals surface area contributed by atoms with Crippen molar-refractivity contribution in [3.8, 4) is 16.9 Å². The number of anilines is 2. The molecule has 2 aromatic carbocycles. The molecule has 4 rings (SSSR count). The van der Waals surface area contributed by atoms with Crippen LogP contribution >= 0.6 is 0 Å². The third-order valence-electron chi connectivity index (χ3n) is 5.84. The van der Waals surface area contributed by atoms with Gasteiger partial charge in [-0.15, -0.1) is 0 Å². The van der Waals surface area contributed by atoms with E-state index < -0.39 is 5.56 Å². The van der Waals surface area contributed by atoms with Gasteiger partial charge in [0.1, 0.15) is 11.6 Å². The Morgan fingerprint density at radius 3 is 2.50 bits per heavy atom. The van der Waals surface area contributed by atoms with Crippen molar-refractivity contribution < 1.29 is 9.13 Å². The van der Waals surface area contributed by atoms with E-state index in [1.807, 2.05) is 18.2 Å². The molecular weight excluding hydrogens is 463 g/mol. The molecule has 0 bridgehead atoms. The van der Waals surface area contributed by atoms with Crippen LogP contribution in [0.15, 0.2) is 47.4 Å². The molecule has 7 N–H and O–H groups in total. The van der Waals surface area contributed by atoms with E-state index in [9.17, 15) is 9.18 Å². The predicted molar refractivity (Wildman–Crippen MR) is 139 cm³/mol. The molecule has 0 amide bonds. The number of nitrogens with two attached hydrogens (primary N) is 2. The predicted octanol–water partition coefficient (Wildman–Crippen LogP) is 2.70. The van der Waals surface area contributed by atoms with Gasteiger partial charge in [-0.25, -0.2) is 14.4 Å². The Morgan fingerprint density at radius 1 is 1.06 bits per heavy atom. The molecule has 11 heteroatoms. The lowest BCUT2D eigenvalue weighted by atomic mass is 10.1. The van der Waals surface area contributed by atoms with Gasteiger partial charge in [0.15, 0.2) is 0 Å². The SMILES string of the molecule is COc1ccc2nc(Nc3ncc(-c4ccc(CN(CCCN)CCCN)c(F)c4)c(=O)[nH]3)[nH]c2c1. The normalized spacial score (nSPS) is 11.4. The van der Waals surface area contributed by atoms with Gasteiger partial charge in [0, 0.05) is 24.4 Å². The highest BCUT2D eigenvalue weighted by atomic mass is 19.1. The fourth-order valence-corrected chi connectivity index (χ4v) is 3.93. The van der Waals surface area contributed by atoms with E-state index >= 15 is 0 Å². The number of halogens is 1. The molecule has 0 aliphatic rings. The van der Waals surface area contributed by atoms with Crippen molar-refractivity contribution in [3.63, 3.8) is 0 Å². The fourth-order valence-electron chi connectivity index (χ4n) is 3.93. The molecule has 0 unspecified atom stereocenters. The number of aromatic amines is 2. The van der Waals surface area contributed by atoms with Crippen LogP contribution in [0, 0.1) is 5.82 Å². The van der Waals surface area contributed by atoms with E-state index in [-0.39, 0.29) is 17.3 Å². The van der Waals surface area contributed by atoms with Crippen LogP contribution in [0.4, 0.5) is 16.3 Å². The van der Waals surface area contributed by atoms with Crippen LogP contribution in [-0.4, -0.2) is 58.1 Å². The quantitative estimate of drug-likeness (QED) is 0.202. The molecule has 0 saturated carbocycles. The molecule has 190 valence electrons. The minimum atomic E-state index is -0.398. The first-order valence-electron chi connectivity index (χ1n) is 11.8. The van der Waals surface area contributed by atoms with E-state index in [1.54, 1.807) is 19.2 Å². The van der Waals surface area contributed by atoms with Gasteiger partial charge in [-0.3, -0.25) is 20.0 Å². The topological polar surface area (TPSA) is 151 Å². The van der Waals surface area contributed by atoms with Crippen molar-refractivity contribution in [2.24, 2.45) is 11.5 Å². The maximum Gasteiger partial charge on any atom is 0.260 e. The van der Waals surface area contributed by atoms with Gasteiger partial charge in [0.25, 0.3) is 5.56 Å². The molecule has 2 heterocycles. The number of hydrogen-bond acceptors (Lipinski definition) is 8. The van der Waals surface area contributed by atoms with Crippen molar-refractivity contribution in [3.05, 3.63) is 64.3 Å². The van der Waals surface area contributed by atoms with Crippen LogP contribution in [0.5, 0.6) is 5.75 Å². The average molecular weight is 495 g/mol. The van der Waals surface area contributed by atoms with E-state index in [2.05, 4.69) is 30.2 Å². The van der Waals surface area contributed by atoms with Gasteiger partial charge < -0.3 is 21.2 Å². The summed E-state index contributed by atoms with van der Waals surface area (Å²) in [6.07, 6.45) is 3.07. The van der Waals surface area contributed by atoms with E-state index in [0.717, 1.165) is 37.0 Å². The Hall–Kier alpha value is -3.80. The minimum absolute atomic E-state index is 0.210. The molecule has 2 aromatic heterocycles. The molecule has 36 heavy (non-hydrogen) atoms. The fraction of sp³-hybridized carbons (Fsp3) is 0.320. The molecule has 0 saturated heterocycles. The molecule has 0 spiro atoms. The second kappa shape index (κ2) is 11.8. The first kappa shape index (κ1) is 25.3. The zero-order valence-corrected chi connectivity index (χ0v) is 20.2. The van der Waals surface area contributed by atoms with E-state index in [0.29, 0.717) is 42.5 Å². The maximum atomic E-state index is 15.0. The molecule has 10 nitrogen and oxygen atoms in total. The summed E-state index contributed by atoms with van der Waals surface area (Å²) >= 11 is 0. The Balaban J connectivity index is 1.49. The van der Waals surface area contributed by atoms with E-state index in [1.165, 1.54) is 12.3 Å². The first-order valence-corrected chi connectivity index (χ1v) is 11.8. The van der Waals surface area contributed by atoms with Crippen LogP contribution in [0.3, 0.4) is 0 Å². The van der Waals surface area contributed by atoms with Crippen LogP contribution in [-0.2, 0) is 6.54 Å². The number of benzene rings is 2. The molecule has 0 aliphatic carbocycles. The number of aromatic nitrogens is 4. The summed E-state index contributed by atoms with van der Waals surface area (Å²) in [5.41, 5.74) is 13.6. The largest absolute Gasteiger partial charge is 0.497 e. The third kappa shape index (κ3) is 6.06. The highest BCUT2D eigenvalue weighted by Crippen LogP contribution is 2.23. The second-order valence-electron chi connectivity index (χ2n) is 8.43. The zero-order valence-electron chi connectivity index (χ0n) is 20.2. The Kier molecular flexibility index (Phi) is 8.26. The summed E-state index contributed by atoms with van der Waals surface area (Å²) in [6, 6.07) is 10.3. The Labute approximate surface area is 207 Å². The lowest BCUT2D eigenvalue weighted by Gasteiger charge is -2.22. The van der Waals surface area contributed by atoms with Crippen molar-refractivity contribution in [1.29, 1.82) is 0 Å². The smallest absolute Gasteiger partial charge is 0.260 e. The van der Waals surface area contributed by atoms with Crippen molar-refractivity contribution in [1.82, 2.24) is 24.8 Å². The number of nitrogens with one attached hydrogen (secondary N) is 3. The molecule has 0 radical (unpaired) electrons. The van der Waals surface area contributed by atoms with Gasteiger partial charge in [-0.2, -0.15) is 0 Å². The number of rotatable bonds is 12. The monoisotopic (exact) mass is 494 g/mol. The molecule has 0 fully saturated rings. The second-order valence-corrected chi connectivity index (χ2v) is 8.43. The number of H-pyrrole nitrogens is 2. The summed E-state index contributed by atoms with van der Waals surface area (Å²) in [7, 11) is 1.59. The zero-order chi connectivity index (χ0) is 25.5.